The lowest BCUT2D eigenvalue weighted by atomic mass is 9.69. The summed E-state index contributed by atoms with van der Waals surface area (Å²) in [5.74, 6) is 0. The van der Waals surface area contributed by atoms with Crippen LogP contribution in [0.3, 0.4) is 0 Å². The molecule has 0 fully saturated rings. The van der Waals surface area contributed by atoms with E-state index in [2.05, 4.69) is 240 Å². The molecule has 11 aromatic rings. The van der Waals surface area contributed by atoms with Crippen LogP contribution in [0.1, 0.15) is 44.5 Å². The molecule has 0 radical (unpaired) electrons. The molecule has 0 nitrogen and oxygen atoms in total. The van der Waals surface area contributed by atoms with Crippen molar-refractivity contribution in [3.63, 3.8) is 0 Å². The van der Waals surface area contributed by atoms with E-state index in [1.165, 1.54) is 110 Å². The molecule has 0 bridgehead atoms. The zero-order valence-corrected chi connectivity index (χ0v) is 40.0. The Bertz CT molecular complexity index is 3420. The van der Waals surface area contributed by atoms with E-state index >= 15 is 0 Å². The second-order valence-electron chi connectivity index (χ2n) is 17.8. The Morgan fingerprint density at radius 1 is 0.294 bits per heavy atom. The van der Waals surface area contributed by atoms with Gasteiger partial charge in [-0.2, -0.15) is 0 Å². The molecule has 0 N–H and O–H groups in total. The number of hydrogen-bond acceptors (Lipinski definition) is 1. The lowest BCUT2D eigenvalue weighted by Gasteiger charge is -2.31. The highest BCUT2D eigenvalue weighted by atomic mass is 32.1. The summed E-state index contributed by atoms with van der Waals surface area (Å²) in [5.41, 5.74) is 22.3. The predicted molar refractivity (Wildman–Crippen MR) is 293 cm³/mol. The van der Waals surface area contributed by atoms with Gasteiger partial charge in [0, 0.05) is 9.58 Å². The van der Waals surface area contributed by atoms with Crippen LogP contribution in [0.2, 0.25) is 0 Å². The van der Waals surface area contributed by atoms with Crippen LogP contribution in [0.25, 0.3) is 65.0 Å². The van der Waals surface area contributed by atoms with Crippen molar-refractivity contribution in [2.75, 3.05) is 0 Å². The van der Waals surface area contributed by atoms with Crippen molar-refractivity contribution >= 4 is 21.4 Å². The second kappa shape index (κ2) is 19.6. The van der Waals surface area contributed by atoms with Crippen LogP contribution in [0, 0.1) is 27.7 Å². The fourth-order valence-corrected chi connectivity index (χ4v) is 11.3. The zero-order valence-electron chi connectivity index (χ0n) is 39.2. The maximum atomic E-state index is 2.49. The Morgan fingerprint density at radius 2 is 0.750 bits per heavy atom. The minimum atomic E-state index is -0.331. The first-order valence-electron chi connectivity index (χ1n) is 23.6. The van der Waals surface area contributed by atoms with E-state index in [1.807, 2.05) is 53.8 Å². The van der Waals surface area contributed by atoms with E-state index in [-0.39, 0.29) is 5.41 Å². The molecule has 0 saturated carbocycles. The zero-order chi connectivity index (χ0) is 46.5. The maximum absolute atomic E-state index is 2.49. The molecule has 13 rings (SSSR count). The molecule has 1 atom stereocenters. The largest absolute Gasteiger partial charge is 0.135 e. The minimum absolute atomic E-state index is 0.331. The van der Waals surface area contributed by atoms with E-state index in [1.54, 1.807) is 0 Å². The van der Waals surface area contributed by atoms with E-state index in [4.69, 9.17) is 0 Å². The molecule has 2 aliphatic carbocycles. The molecule has 1 heteroatoms. The maximum Gasteiger partial charge on any atom is 0.0740 e. The summed E-state index contributed by atoms with van der Waals surface area (Å²) >= 11 is 1.95. The smallest absolute Gasteiger partial charge is 0.0740 e. The van der Waals surface area contributed by atoms with Gasteiger partial charge in [0.25, 0.3) is 0 Å². The monoisotopic (exact) mass is 890 g/mol. The van der Waals surface area contributed by atoms with E-state index in [0.29, 0.717) is 0 Å². The van der Waals surface area contributed by atoms with Gasteiger partial charge in [0.05, 0.1) is 5.41 Å². The summed E-state index contributed by atoms with van der Waals surface area (Å²) in [5, 5.41) is 1.38. The molecule has 0 aliphatic heterocycles. The fraction of sp³-hybridized carbons (Fsp3) is 0.0746. The first kappa shape index (κ1) is 44.0. The topological polar surface area (TPSA) is 0 Å². The highest BCUT2D eigenvalue weighted by Gasteiger charge is 2.53. The Hall–Kier alpha value is -7.84. The third kappa shape index (κ3) is 8.54. The molecule has 1 unspecified atom stereocenters. The van der Waals surface area contributed by atoms with Gasteiger partial charge in [-0.15, -0.1) is 11.3 Å². The predicted octanol–water partition coefficient (Wildman–Crippen LogP) is 18.5. The Kier molecular flexibility index (Phi) is 12.7. The van der Waals surface area contributed by atoms with Crippen molar-refractivity contribution in [3.8, 4) is 54.9 Å². The van der Waals surface area contributed by atoms with Crippen molar-refractivity contribution in [2.24, 2.45) is 0 Å². The summed E-state index contributed by atoms with van der Waals surface area (Å²) in [7, 11) is 0. The molecule has 68 heavy (non-hydrogen) atoms. The molecule has 10 aromatic carbocycles. The summed E-state index contributed by atoms with van der Waals surface area (Å²) in [6, 6.07) is 91.5. The van der Waals surface area contributed by atoms with Gasteiger partial charge in [-0.25, -0.2) is 0 Å². The number of rotatable bonds is 3. The normalized spacial score (nSPS) is 13.4. The van der Waals surface area contributed by atoms with Crippen LogP contribution in [-0.2, 0) is 5.41 Å². The van der Waals surface area contributed by atoms with Gasteiger partial charge in [-0.05, 0) is 123 Å². The van der Waals surface area contributed by atoms with Crippen molar-refractivity contribution < 1.29 is 0 Å². The van der Waals surface area contributed by atoms with E-state index < -0.39 is 0 Å². The van der Waals surface area contributed by atoms with Crippen LogP contribution in [0.4, 0.5) is 0 Å². The summed E-state index contributed by atoms with van der Waals surface area (Å²) in [4.78, 5) is 1.42. The lowest BCUT2D eigenvalue weighted by Crippen LogP contribution is -2.26. The number of thiophene rings is 1. The van der Waals surface area contributed by atoms with Gasteiger partial charge >= 0.3 is 0 Å². The molecule has 328 valence electrons. The number of fused-ring (bicyclic) bond motifs is 12. The van der Waals surface area contributed by atoms with Gasteiger partial charge in [0.1, 0.15) is 0 Å². The van der Waals surface area contributed by atoms with Crippen molar-refractivity contribution in [3.05, 3.63) is 299 Å². The molecule has 1 spiro atoms. The standard InChI is InChI=1S/C40H26S.C13H12.2C7H8/c1-25-15-21-32-35(23-25)40(38-33-12-6-8-14-37(33)41-39(32)38)34-13-7-5-11-30(34)31-22-20-29(24-36(31)40)28-18-16-27(17-19-28)26-9-3-2-4-10-26;1-11-7-5-6-10-13(11)12-8-3-2-4-9-12;2*1-7-5-3-2-4-6-7/h2-24H,1H3;2-10H,1H3;2*2-6H,1H3. The van der Waals surface area contributed by atoms with Crippen LogP contribution < -0.4 is 0 Å². The van der Waals surface area contributed by atoms with Gasteiger partial charge in [0.15, 0.2) is 0 Å². The SMILES string of the molecule is Cc1ccc2c(c1)C1(c3ccccc3-c3ccc(-c4ccc(-c5ccccc5)cc4)cc31)c1c-2sc2ccccc12.Cc1ccccc1.Cc1ccccc1.Cc1ccccc1-c1ccccc1. The fourth-order valence-electron chi connectivity index (χ4n) is 10.00. The Labute approximate surface area is 406 Å². The third-order valence-electron chi connectivity index (χ3n) is 13.3. The second-order valence-corrected chi connectivity index (χ2v) is 18.9. The number of aryl methyl sites for hydroxylation is 4. The third-order valence-corrected chi connectivity index (χ3v) is 14.5. The van der Waals surface area contributed by atoms with Crippen molar-refractivity contribution in [2.45, 2.75) is 33.1 Å². The molecule has 0 amide bonds. The molecular weight excluding hydrogens is 837 g/mol. The van der Waals surface area contributed by atoms with E-state index in [0.717, 1.165) is 0 Å². The summed E-state index contributed by atoms with van der Waals surface area (Å²) in [6.45, 7) is 8.54. The van der Waals surface area contributed by atoms with E-state index in [9.17, 15) is 0 Å². The average Bonchev–Trinajstić information content (AvgIpc) is 4.01. The summed E-state index contributed by atoms with van der Waals surface area (Å²) in [6.07, 6.45) is 0. The first-order chi connectivity index (χ1) is 33.4. The molecule has 1 aromatic heterocycles. The molecule has 0 saturated heterocycles. The quantitative estimate of drug-likeness (QED) is 0.166. The Balaban J connectivity index is 0.000000161. The van der Waals surface area contributed by atoms with Crippen LogP contribution in [0.15, 0.2) is 255 Å². The average molecular weight is 891 g/mol. The highest BCUT2D eigenvalue weighted by Crippen LogP contribution is 2.66. The molecule has 1 heterocycles. The number of benzene rings is 10. The summed E-state index contributed by atoms with van der Waals surface area (Å²) < 4.78 is 1.36. The van der Waals surface area contributed by atoms with Gasteiger partial charge < -0.3 is 0 Å². The van der Waals surface area contributed by atoms with Gasteiger partial charge in [-0.3, -0.25) is 0 Å². The molecular formula is C67H54S. The van der Waals surface area contributed by atoms with Crippen LogP contribution in [-0.4, -0.2) is 0 Å². The number of hydrogen-bond donors (Lipinski definition) is 0. The van der Waals surface area contributed by atoms with Crippen molar-refractivity contribution in [1.82, 2.24) is 0 Å². The van der Waals surface area contributed by atoms with Crippen molar-refractivity contribution in [1.29, 1.82) is 0 Å². The Morgan fingerprint density at radius 3 is 1.37 bits per heavy atom. The van der Waals surface area contributed by atoms with Gasteiger partial charge in [0.2, 0.25) is 0 Å². The minimum Gasteiger partial charge on any atom is -0.135 e. The first-order valence-corrected chi connectivity index (χ1v) is 24.4. The van der Waals surface area contributed by atoms with Gasteiger partial charge in [-0.1, -0.05) is 259 Å². The lowest BCUT2D eigenvalue weighted by molar-refractivity contribution is 0.802. The molecule has 2 aliphatic rings. The van der Waals surface area contributed by atoms with Crippen LogP contribution in [0.5, 0.6) is 0 Å². The highest BCUT2D eigenvalue weighted by molar-refractivity contribution is 7.22. The van der Waals surface area contributed by atoms with Crippen LogP contribution >= 0.6 is 11.3 Å².